The molecule has 0 amide bonds. The molecule has 1 aromatic rings. The number of benzene rings is 1. The molecule has 0 saturated carbocycles. The van der Waals surface area contributed by atoms with E-state index in [9.17, 15) is 4.39 Å². The van der Waals surface area contributed by atoms with E-state index in [0.29, 0.717) is 6.42 Å². The van der Waals surface area contributed by atoms with E-state index in [1.165, 1.54) is 6.07 Å². The van der Waals surface area contributed by atoms with Crippen molar-refractivity contribution in [2.45, 2.75) is 24.8 Å². The van der Waals surface area contributed by atoms with Crippen LogP contribution in [0.3, 0.4) is 0 Å². The summed E-state index contributed by atoms with van der Waals surface area (Å²) in [6, 6.07) is 4.49. The van der Waals surface area contributed by atoms with Crippen LogP contribution in [-0.4, -0.2) is 17.2 Å². The van der Waals surface area contributed by atoms with Crippen LogP contribution in [0.1, 0.15) is 18.9 Å². The summed E-state index contributed by atoms with van der Waals surface area (Å²) in [7, 11) is 0. The zero-order valence-electron chi connectivity index (χ0n) is 8.58. The Morgan fingerprint density at radius 2 is 2.31 bits per heavy atom. The van der Waals surface area contributed by atoms with Crippen LogP contribution in [0.2, 0.25) is 5.02 Å². The summed E-state index contributed by atoms with van der Waals surface area (Å²) < 4.78 is 13.0. The first-order valence-electron chi connectivity index (χ1n) is 4.90. The first-order chi connectivity index (χ1) is 7.58. The van der Waals surface area contributed by atoms with Crippen LogP contribution in [0.5, 0.6) is 0 Å². The van der Waals surface area contributed by atoms with Crippen molar-refractivity contribution in [3.05, 3.63) is 34.6 Å². The predicted molar refractivity (Wildman–Crippen MR) is 62.8 cm³/mol. The summed E-state index contributed by atoms with van der Waals surface area (Å²) in [5.74, 6) is -0.438. The van der Waals surface area contributed by atoms with Gasteiger partial charge < -0.3 is 4.84 Å². The van der Waals surface area contributed by atoms with Gasteiger partial charge in [-0.25, -0.2) is 4.39 Å². The highest BCUT2D eigenvalue weighted by atomic mass is 35.5. The Kier molecular flexibility index (Phi) is 3.36. The van der Waals surface area contributed by atoms with Gasteiger partial charge in [-0.05, 0) is 19.1 Å². The minimum atomic E-state index is -0.438. The van der Waals surface area contributed by atoms with Gasteiger partial charge in [0, 0.05) is 12.0 Å². The highest BCUT2D eigenvalue weighted by Gasteiger charge is 2.26. The van der Waals surface area contributed by atoms with Crippen molar-refractivity contribution in [1.82, 2.24) is 0 Å². The van der Waals surface area contributed by atoms with Gasteiger partial charge in [-0.15, -0.1) is 11.6 Å². The van der Waals surface area contributed by atoms with Crippen LogP contribution in [0.25, 0.3) is 0 Å². The van der Waals surface area contributed by atoms with E-state index in [-0.39, 0.29) is 16.5 Å². The summed E-state index contributed by atoms with van der Waals surface area (Å²) in [4.78, 5) is 5.17. The Hall–Kier alpha value is -0.800. The van der Waals surface area contributed by atoms with Crippen molar-refractivity contribution in [2.75, 3.05) is 0 Å². The Balaban J connectivity index is 2.18. The first-order valence-corrected chi connectivity index (χ1v) is 5.71. The van der Waals surface area contributed by atoms with Crippen LogP contribution < -0.4 is 0 Å². The van der Waals surface area contributed by atoms with Crippen molar-refractivity contribution in [1.29, 1.82) is 0 Å². The zero-order chi connectivity index (χ0) is 11.7. The van der Waals surface area contributed by atoms with Crippen LogP contribution in [0.4, 0.5) is 4.39 Å². The maximum Gasteiger partial charge on any atom is 0.149 e. The van der Waals surface area contributed by atoms with Gasteiger partial charge in [0.15, 0.2) is 0 Å². The standard InChI is InChI=1S/C11H10Cl2FNO/c1-6(12)11-5-10(15-16-11)7-2-3-9(14)8(13)4-7/h2-4,6,11H,5H2,1H3. The van der Waals surface area contributed by atoms with Crippen LogP contribution in [0, 0.1) is 5.82 Å². The molecule has 0 radical (unpaired) electrons. The molecule has 1 heterocycles. The lowest BCUT2D eigenvalue weighted by molar-refractivity contribution is 0.0855. The van der Waals surface area contributed by atoms with Crippen molar-refractivity contribution in [2.24, 2.45) is 5.16 Å². The zero-order valence-corrected chi connectivity index (χ0v) is 10.1. The molecule has 86 valence electrons. The number of hydrogen-bond donors (Lipinski definition) is 0. The molecule has 16 heavy (non-hydrogen) atoms. The molecular weight excluding hydrogens is 252 g/mol. The van der Waals surface area contributed by atoms with Crippen LogP contribution in [-0.2, 0) is 4.84 Å². The average molecular weight is 262 g/mol. The summed E-state index contributed by atoms with van der Waals surface area (Å²) in [6.45, 7) is 1.85. The van der Waals surface area contributed by atoms with Gasteiger partial charge in [-0.1, -0.05) is 22.8 Å². The molecule has 2 nitrogen and oxygen atoms in total. The molecule has 0 bridgehead atoms. The van der Waals surface area contributed by atoms with Crippen LogP contribution >= 0.6 is 23.2 Å². The molecule has 1 aliphatic heterocycles. The number of oxime groups is 1. The van der Waals surface area contributed by atoms with E-state index in [0.717, 1.165) is 11.3 Å². The normalized spacial score (nSPS) is 21.5. The number of alkyl halides is 1. The van der Waals surface area contributed by atoms with E-state index in [4.69, 9.17) is 28.0 Å². The second-order valence-corrected chi connectivity index (χ2v) is 4.79. The van der Waals surface area contributed by atoms with Crippen molar-refractivity contribution >= 4 is 28.9 Å². The Labute approximate surface area is 103 Å². The molecule has 0 N–H and O–H groups in total. The molecule has 0 aliphatic carbocycles. The number of hydrogen-bond acceptors (Lipinski definition) is 2. The first kappa shape index (κ1) is 11.7. The summed E-state index contributed by atoms with van der Waals surface area (Å²) in [5.41, 5.74) is 1.52. The molecule has 2 unspecified atom stereocenters. The Morgan fingerprint density at radius 3 is 2.88 bits per heavy atom. The van der Waals surface area contributed by atoms with Gasteiger partial charge in [-0.2, -0.15) is 0 Å². The molecule has 1 aromatic carbocycles. The lowest BCUT2D eigenvalue weighted by Crippen LogP contribution is -2.18. The SMILES string of the molecule is CC(Cl)C1CC(c2ccc(F)c(Cl)c2)=NO1. The van der Waals surface area contributed by atoms with Crippen molar-refractivity contribution < 1.29 is 9.23 Å². The molecule has 2 atom stereocenters. The molecule has 0 spiro atoms. The molecule has 0 aromatic heterocycles. The maximum absolute atomic E-state index is 13.0. The van der Waals surface area contributed by atoms with E-state index < -0.39 is 5.82 Å². The summed E-state index contributed by atoms with van der Waals surface area (Å²) >= 11 is 11.6. The maximum atomic E-state index is 13.0. The van der Waals surface area contributed by atoms with Crippen molar-refractivity contribution in [3.8, 4) is 0 Å². The fourth-order valence-corrected chi connectivity index (χ4v) is 1.80. The molecule has 5 heteroatoms. The Bertz CT molecular complexity index is 434. The lowest BCUT2D eigenvalue weighted by atomic mass is 10.0. The van der Waals surface area contributed by atoms with Gasteiger partial charge in [0.2, 0.25) is 0 Å². The molecule has 1 aliphatic rings. The topological polar surface area (TPSA) is 21.6 Å². The smallest absolute Gasteiger partial charge is 0.149 e. The van der Waals surface area contributed by atoms with Gasteiger partial charge in [0.05, 0.1) is 16.1 Å². The third kappa shape index (κ3) is 2.30. The highest BCUT2D eigenvalue weighted by Crippen LogP contribution is 2.24. The number of nitrogens with zero attached hydrogens (tertiary/aromatic N) is 1. The van der Waals surface area contributed by atoms with Gasteiger partial charge in [0.25, 0.3) is 0 Å². The highest BCUT2D eigenvalue weighted by molar-refractivity contribution is 6.31. The molecule has 0 saturated heterocycles. The fourth-order valence-electron chi connectivity index (χ4n) is 1.49. The van der Waals surface area contributed by atoms with E-state index in [2.05, 4.69) is 5.16 Å². The van der Waals surface area contributed by atoms with Gasteiger partial charge in [0.1, 0.15) is 11.9 Å². The third-order valence-corrected chi connectivity index (χ3v) is 3.03. The predicted octanol–water partition coefficient (Wildman–Crippen LogP) is 3.60. The van der Waals surface area contributed by atoms with Gasteiger partial charge >= 0.3 is 0 Å². The molecule has 0 fully saturated rings. The van der Waals surface area contributed by atoms with E-state index in [1.54, 1.807) is 12.1 Å². The van der Waals surface area contributed by atoms with Crippen molar-refractivity contribution in [3.63, 3.8) is 0 Å². The quantitative estimate of drug-likeness (QED) is 0.746. The summed E-state index contributed by atoms with van der Waals surface area (Å²) in [6.07, 6.45) is 0.493. The minimum Gasteiger partial charge on any atom is -0.390 e. The average Bonchev–Trinajstić information content (AvgIpc) is 2.71. The second kappa shape index (κ2) is 4.60. The van der Waals surface area contributed by atoms with Crippen LogP contribution in [0.15, 0.2) is 23.4 Å². The summed E-state index contributed by atoms with van der Waals surface area (Å²) in [5, 5.41) is 3.90. The number of rotatable bonds is 2. The fraction of sp³-hybridized carbons (Fsp3) is 0.364. The third-order valence-electron chi connectivity index (χ3n) is 2.46. The van der Waals surface area contributed by atoms with E-state index >= 15 is 0 Å². The monoisotopic (exact) mass is 261 g/mol. The second-order valence-electron chi connectivity index (χ2n) is 3.69. The largest absolute Gasteiger partial charge is 0.390 e. The number of halogens is 3. The van der Waals surface area contributed by atoms with Gasteiger partial charge in [-0.3, -0.25) is 0 Å². The minimum absolute atomic E-state index is 0.0857. The Morgan fingerprint density at radius 1 is 1.56 bits per heavy atom. The lowest BCUT2D eigenvalue weighted by Gasteiger charge is -2.09. The molecular formula is C11H10Cl2FNO. The van der Waals surface area contributed by atoms with E-state index in [1.807, 2.05) is 6.92 Å². The molecule has 2 rings (SSSR count).